The molecule has 128 valence electrons. The summed E-state index contributed by atoms with van der Waals surface area (Å²) < 4.78 is 5.65. The van der Waals surface area contributed by atoms with Crippen molar-refractivity contribution in [2.75, 3.05) is 31.1 Å². The van der Waals surface area contributed by atoms with Crippen molar-refractivity contribution in [3.8, 4) is 5.75 Å². The molecule has 0 unspecified atom stereocenters. The maximum atomic E-state index is 5.65. The largest absolute Gasteiger partial charge is 0.490 e. The Balaban J connectivity index is 0.00000208. The predicted molar refractivity (Wildman–Crippen MR) is 109 cm³/mol. The first-order valence-electron chi connectivity index (χ1n) is 8.05. The minimum absolute atomic E-state index is 0. The van der Waals surface area contributed by atoms with E-state index in [2.05, 4.69) is 46.4 Å². The van der Waals surface area contributed by atoms with Gasteiger partial charge in [-0.3, -0.25) is 4.98 Å². The Morgan fingerprint density at radius 2 is 2.17 bits per heavy atom. The van der Waals surface area contributed by atoms with E-state index in [1.165, 1.54) is 11.3 Å². The third kappa shape index (κ3) is 4.59. The molecule has 0 radical (unpaired) electrons. The molecular weight excluding hydrogens is 415 g/mol. The second-order valence-electron chi connectivity index (χ2n) is 5.30. The lowest BCUT2D eigenvalue weighted by Crippen LogP contribution is -2.40. The molecule has 1 N–H and O–H groups in total. The van der Waals surface area contributed by atoms with Crippen LogP contribution in [0.5, 0.6) is 5.75 Å². The van der Waals surface area contributed by atoms with Crippen molar-refractivity contribution >= 4 is 35.6 Å². The molecule has 5 nitrogen and oxygen atoms in total. The third-order valence-electron chi connectivity index (χ3n) is 3.73. The molecule has 3 rings (SSSR count). The zero-order valence-electron chi connectivity index (χ0n) is 13.8. The first-order valence-corrected chi connectivity index (χ1v) is 8.05. The van der Waals surface area contributed by atoms with Gasteiger partial charge < -0.3 is 15.0 Å². The number of hydrogen-bond acceptors (Lipinski definition) is 3. The smallest absolute Gasteiger partial charge is 0.198 e. The molecule has 0 aliphatic carbocycles. The van der Waals surface area contributed by atoms with Crippen LogP contribution in [0.4, 0.5) is 5.69 Å². The summed E-state index contributed by atoms with van der Waals surface area (Å²) in [5.41, 5.74) is 2.63. The molecule has 2 heterocycles. The highest BCUT2D eigenvalue weighted by Crippen LogP contribution is 2.27. The number of pyridine rings is 1. The number of nitrogens with zero attached hydrogens (tertiary/aromatic N) is 3. The molecule has 6 heteroatoms. The van der Waals surface area contributed by atoms with Crippen molar-refractivity contribution < 1.29 is 4.74 Å². The van der Waals surface area contributed by atoms with E-state index in [4.69, 9.17) is 9.73 Å². The molecular formula is C18H23IN4O. The van der Waals surface area contributed by atoms with Gasteiger partial charge in [0.1, 0.15) is 12.4 Å². The normalized spacial score (nSPS) is 13.2. The number of fused-ring (bicyclic) bond motifs is 1. The van der Waals surface area contributed by atoms with E-state index in [0.717, 1.165) is 31.2 Å². The van der Waals surface area contributed by atoms with Crippen LogP contribution in [0.1, 0.15) is 12.5 Å². The van der Waals surface area contributed by atoms with Crippen LogP contribution in [0, 0.1) is 0 Å². The van der Waals surface area contributed by atoms with Gasteiger partial charge in [0.25, 0.3) is 0 Å². The number of hydrogen-bond donors (Lipinski definition) is 1. The first kappa shape index (κ1) is 18.5. The van der Waals surface area contributed by atoms with E-state index in [1.54, 1.807) is 12.4 Å². The number of aliphatic imine (C=N–C) groups is 1. The average molecular weight is 438 g/mol. The highest BCUT2D eigenvalue weighted by Gasteiger charge is 2.22. The minimum atomic E-state index is 0. The van der Waals surface area contributed by atoms with Gasteiger partial charge in [-0.25, -0.2) is 4.99 Å². The van der Waals surface area contributed by atoms with E-state index in [-0.39, 0.29) is 24.0 Å². The lowest BCUT2D eigenvalue weighted by Gasteiger charge is -2.22. The van der Waals surface area contributed by atoms with Crippen molar-refractivity contribution in [3.63, 3.8) is 0 Å². The fourth-order valence-electron chi connectivity index (χ4n) is 2.70. The molecule has 1 aliphatic heterocycles. The number of para-hydroxylation sites is 1. The first-order chi connectivity index (χ1) is 11.4. The van der Waals surface area contributed by atoms with E-state index in [1.807, 2.05) is 12.1 Å². The molecule has 0 amide bonds. The van der Waals surface area contributed by atoms with Crippen molar-refractivity contribution in [3.05, 3.63) is 54.4 Å². The maximum absolute atomic E-state index is 5.65. The number of guanidine groups is 1. The molecule has 2 aromatic rings. The molecule has 0 atom stereocenters. The van der Waals surface area contributed by atoms with E-state index in [0.29, 0.717) is 13.2 Å². The van der Waals surface area contributed by atoms with Gasteiger partial charge in [0.15, 0.2) is 5.96 Å². The molecule has 1 aliphatic rings. The second-order valence-corrected chi connectivity index (χ2v) is 5.30. The van der Waals surface area contributed by atoms with Crippen molar-refractivity contribution in [1.82, 2.24) is 10.3 Å². The highest BCUT2D eigenvalue weighted by molar-refractivity contribution is 14.0. The summed E-state index contributed by atoms with van der Waals surface area (Å²) in [4.78, 5) is 11.0. The Morgan fingerprint density at radius 3 is 2.96 bits per heavy atom. The van der Waals surface area contributed by atoms with Gasteiger partial charge in [-0.05, 0) is 37.1 Å². The Bertz CT molecular complexity index is 663. The molecule has 1 aromatic heterocycles. The quantitative estimate of drug-likeness (QED) is 0.338. The van der Waals surface area contributed by atoms with Crippen LogP contribution in [0.25, 0.3) is 0 Å². The Kier molecular flexibility index (Phi) is 7.30. The Labute approximate surface area is 160 Å². The SMILES string of the molecule is CCNC(=NCCOc1cccnc1)N1CCc2ccccc21.I. The standard InChI is InChI=1S/C18H22N4O.HI/c1-2-20-18(21-11-13-23-16-7-5-10-19-14-16)22-12-9-15-6-3-4-8-17(15)22;/h3-8,10,14H,2,9,11-13H2,1H3,(H,20,21);1H. The highest BCUT2D eigenvalue weighted by atomic mass is 127. The average Bonchev–Trinajstić information content (AvgIpc) is 3.03. The molecule has 24 heavy (non-hydrogen) atoms. The topological polar surface area (TPSA) is 49.8 Å². The molecule has 0 saturated heterocycles. The summed E-state index contributed by atoms with van der Waals surface area (Å²) in [5, 5.41) is 3.37. The van der Waals surface area contributed by atoms with Gasteiger partial charge in [0.05, 0.1) is 12.7 Å². The van der Waals surface area contributed by atoms with Crippen LogP contribution in [-0.4, -0.2) is 37.2 Å². The third-order valence-corrected chi connectivity index (χ3v) is 3.73. The monoisotopic (exact) mass is 438 g/mol. The van der Waals surface area contributed by atoms with Crippen LogP contribution in [0.2, 0.25) is 0 Å². The number of anilines is 1. The summed E-state index contributed by atoms with van der Waals surface area (Å²) in [6.07, 6.45) is 4.51. The fraction of sp³-hybridized carbons (Fsp3) is 0.333. The van der Waals surface area contributed by atoms with Gasteiger partial charge in [-0.15, -0.1) is 24.0 Å². The fourth-order valence-corrected chi connectivity index (χ4v) is 2.70. The van der Waals surface area contributed by atoms with Crippen LogP contribution < -0.4 is 15.0 Å². The van der Waals surface area contributed by atoms with E-state index >= 15 is 0 Å². The molecule has 0 bridgehead atoms. The van der Waals surface area contributed by atoms with Crippen molar-refractivity contribution in [2.45, 2.75) is 13.3 Å². The number of nitrogens with one attached hydrogen (secondary N) is 1. The van der Waals surface area contributed by atoms with Crippen molar-refractivity contribution in [1.29, 1.82) is 0 Å². The zero-order valence-corrected chi connectivity index (χ0v) is 16.1. The minimum Gasteiger partial charge on any atom is -0.490 e. The Morgan fingerprint density at radius 1 is 1.29 bits per heavy atom. The summed E-state index contributed by atoms with van der Waals surface area (Å²) in [7, 11) is 0. The molecule has 0 saturated carbocycles. The molecule has 0 spiro atoms. The van der Waals surface area contributed by atoms with Gasteiger partial charge in [0, 0.05) is 25.0 Å². The van der Waals surface area contributed by atoms with Crippen molar-refractivity contribution in [2.24, 2.45) is 4.99 Å². The lowest BCUT2D eigenvalue weighted by atomic mass is 10.2. The van der Waals surface area contributed by atoms with Crippen LogP contribution >= 0.6 is 24.0 Å². The van der Waals surface area contributed by atoms with Gasteiger partial charge in [-0.1, -0.05) is 18.2 Å². The number of benzene rings is 1. The van der Waals surface area contributed by atoms with Crippen LogP contribution in [0.3, 0.4) is 0 Å². The van der Waals surface area contributed by atoms with Crippen LogP contribution in [0.15, 0.2) is 53.8 Å². The van der Waals surface area contributed by atoms with Gasteiger partial charge >= 0.3 is 0 Å². The number of ether oxygens (including phenoxy) is 1. The van der Waals surface area contributed by atoms with E-state index in [9.17, 15) is 0 Å². The summed E-state index contributed by atoms with van der Waals surface area (Å²) in [6, 6.07) is 12.3. The number of rotatable bonds is 5. The zero-order chi connectivity index (χ0) is 15.9. The maximum Gasteiger partial charge on any atom is 0.198 e. The summed E-state index contributed by atoms with van der Waals surface area (Å²) in [5.74, 6) is 1.70. The van der Waals surface area contributed by atoms with Crippen LogP contribution in [-0.2, 0) is 6.42 Å². The number of halogens is 1. The molecule has 0 fully saturated rings. The summed E-state index contributed by atoms with van der Waals surface area (Å²) in [6.45, 7) is 5.05. The van der Waals surface area contributed by atoms with Gasteiger partial charge in [0.2, 0.25) is 0 Å². The second kappa shape index (κ2) is 9.46. The number of aromatic nitrogens is 1. The predicted octanol–water partition coefficient (Wildman–Crippen LogP) is 3.11. The summed E-state index contributed by atoms with van der Waals surface area (Å²) >= 11 is 0. The molecule has 1 aromatic carbocycles. The van der Waals surface area contributed by atoms with Gasteiger partial charge in [-0.2, -0.15) is 0 Å². The Hall–Kier alpha value is -1.83. The lowest BCUT2D eigenvalue weighted by molar-refractivity contribution is 0.327. The van der Waals surface area contributed by atoms with E-state index < -0.39 is 0 Å².